The Kier molecular flexibility index (Phi) is 6.33. The molecule has 1 aliphatic carbocycles. The van der Waals surface area contributed by atoms with Crippen LogP contribution in [-0.2, 0) is 19.6 Å². The summed E-state index contributed by atoms with van der Waals surface area (Å²) < 4.78 is 32.1. The zero-order valence-corrected chi connectivity index (χ0v) is 15.9. The van der Waals surface area contributed by atoms with Gasteiger partial charge in [-0.25, -0.2) is 17.9 Å². The van der Waals surface area contributed by atoms with Crippen LogP contribution in [0, 0.1) is 5.92 Å². The van der Waals surface area contributed by atoms with E-state index in [9.17, 15) is 18.0 Å². The van der Waals surface area contributed by atoms with Crippen LogP contribution in [0.15, 0.2) is 35.2 Å². The van der Waals surface area contributed by atoms with Gasteiger partial charge in [0.1, 0.15) is 13.2 Å². The predicted molar refractivity (Wildman–Crippen MR) is 98.4 cm³/mol. The van der Waals surface area contributed by atoms with E-state index < -0.39 is 16.1 Å². The monoisotopic (exact) mass is 395 g/mol. The number of carbonyl (C=O) groups excluding carboxylic acids is 2. The minimum absolute atomic E-state index is 0.000631. The summed E-state index contributed by atoms with van der Waals surface area (Å²) in [5.74, 6) is -0.0383. The van der Waals surface area contributed by atoms with Crippen LogP contribution in [0.25, 0.3) is 0 Å². The minimum Gasteiger partial charge on any atom is -0.448 e. The van der Waals surface area contributed by atoms with E-state index in [1.807, 2.05) is 0 Å². The third kappa shape index (κ3) is 5.43. The molecule has 0 bridgehead atoms. The standard InChI is InChI=1S/C18H25N3O5S/c22-17(13-21-9-10-26-18(21)23)20-15-6-4-5-14(11-15)12-19-27(24,25)16-7-2-1-3-8-16/h1-3,7-8,14-15,19H,4-6,9-13H2,(H,20,22)/t14-,15+/m1/s1. The van der Waals surface area contributed by atoms with Gasteiger partial charge >= 0.3 is 6.09 Å². The molecular weight excluding hydrogens is 370 g/mol. The second kappa shape index (κ2) is 8.71. The molecule has 27 heavy (non-hydrogen) atoms. The van der Waals surface area contributed by atoms with Crippen LogP contribution in [0.5, 0.6) is 0 Å². The molecule has 2 aliphatic rings. The van der Waals surface area contributed by atoms with Crippen molar-refractivity contribution in [2.45, 2.75) is 36.6 Å². The molecular formula is C18H25N3O5S. The fourth-order valence-electron chi connectivity index (χ4n) is 3.53. The number of ether oxygens (including phenoxy) is 1. The number of hydrogen-bond donors (Lipinski definition) is 2. The van der Waals surface area contributed by atoms with Gasteiger partial charge in [0.15, 0.2) is 0 Å². The Morgan fingerprint density at radius 3 is 2.70 bits per heavy atom. The first-order valence-corrected chi connectivity index (χ1v) is 10.7. The molecule has 2 atom stereocenters. The molecule has 1 aromatic carbocycles. The maximum Gasteiger partial charge on any atom is 0.410 e. The first-order valence-electron chi connectivity index (χ1n) is 9.20. The zero-order chi connectivity index (χ0) is 19.3. The van der Waals surface area contributed by atoms with Crippen molar-refractivity contribution in [3.63, 3.8) is 0 Å². The summed E-state index contributed by atoms with van der Waals surface area (Å²) in [5, 5.41) is 2.96. The molecule has 9 heteroatoms. The number of carbonyl (C=O) groups is 2. The number of hydrogen-bond acceptors (Lipinski definition) is 5. The molecule has 0 aromatic heterocycles. The summed E-state index contributed by atoms with van der Waals surface area (Å²) in [6, 6.07) is 8.28. The third-order valence-electron chi connectivity index (χ3n) is 4.94. The van der Waals surface area contributed by atoms with Gasteiger partial charge in [-0.05, 0) is 37.3 Å². The maximum atomic E-state index is 12.3. The largest absolute Gasteiger partial charge is 0.448 e. The average Bonchev–Trinajstić information content (AvgIpc) is 3.06. The topological polar surface area (TPSA) is 105 Å². The molecule has 1 saturated carbocycles. The number of rotatable bonds is 7. The number of benzene rings is 1. The van der Waals surface area contributed by atoms with Gasteiger partial charge < -0.3 is 10.1 Å². The van der Waals surface area contributed by atoms with E-state index >= 15 is 0 Å². The lowest BCUT2D eigenvalue weighted by molar-refractivity contribution is -0.122. The van der Waals surface area contributed by atoms with E-state index in [0.29, 0.717) is 26.1 Å². The maximum absolute atomic E-state index is 12.3. The predicted octanol–water partition coefficient (Wildman–Crippen LogP) is 1.09. The van der Waals surface area contributed by atoms with Crippen molar-refractivity contribution < 1.29 is 22.7 Å². The first kappa shape index (κ1) is 19.6. The minimum atomic E-state index is -3.52. The molecule has 8 nitrogen and oxygen atoms in total. The van der Waals surface area contributed by atoms with Crippen LogP contribution in [0.4, 0.5) is 4.79 Å². The Balaban J connectivity index is 1.46. The summed E-state index contributed by atoms with van der Waals surface area (Å²) in [7, 11) is -3.52. The SMILES string of the molecule is O=C(CN1CCOC1=O)N[C@H]1CCC[C@@H](CNS(=O)(=O)c2ccccc2)C1. The van der Waals surface area contributed by atoms with Gasteiger partial charge in [-0.15, -0.1) is 0 Å². The Labute approximate surface area is 159 Å². The van der Waals surface area contributed by atoms with Crippen LogP contribution < -0.4 is 10.0 Å². The van der Waals surface area contributed by atoms with Gasteiger partial charge in [-0.2, -0.15) is 0 Å². The van der Waals surface area contributed by atoms with Crippen LogP contribution >= 0.6 is 0 Å². The molecule has 0 radical (unpaired) electrons. The highest BCUT2D eigenvalue weighted by Crippen LogP contribution is 2.24. The number of sulfonamides is 1. The van der Waals surface area contributed by atoms with E-state index in [4.69, 9.17) is 4.74 Å². The van der Waals surface area contributed by atoms with E-state index in [1.54, 1.807) is 30.3 Å². The Morgan fingerprint density at radius 2 is 2.00 bits per heavy atom. The van der Waals surface area contributed by atoms with Gasteiger partial charge in [0.2, 0.25) is 15.9 Å². The third-order valence-corrected chi connectivity index (χ3v) is 6.38. The average molecular weight is 395 g/mol. The highest BCUT2D eigenvalue weighted by molar-refractivity contribution is 7.89. The van der Waals surface area contributed by atoms with Crippen LogP contribution in [0.3, 0.4) is 0 Å². The fraction of sp³-hybridized carbons (Fsp3) is 0.556. The molecule has 0 unspecified atom stereocenters. The number of amides is 2. The summed E-state index contributed by atoms with van der Waals surface area (Å²) in [5.41, 5.74) is 0. The number of nitrogens with one attached hydrogen (secondary N) is 2. The Bertz CT molecular complexity index is 768. The molecule has 2 fully saturated rings. The van der Waals surface area contributed by atoms with Crippen molar-refractivity contribution in [2.75, 3.05) is 26.2 Å². The lowest BCUT2D eigenvalue weighted by Crippen LogP contribution is -2.45. The van der Waals surface area contributed by atoms with Crippen molar-refractivity contribution in [1.82, 2.24) is 14.9 Å². The summed E-state index contributed by atoms with van der Waals surface area (Å²) in [6.45, 7) is 1.10. The summed E-state index contributed by atoms with van der Waals surface area (Å²) >= 11 is 0. The summed E-state index contributed by atoms with van der Waals surface area (Å²) in [6.07, 6.45) is 2.96. The molecule has 148 valence electrons. The normalized spacial score (nSPS) is 23.1. The van der Waals surface area contributed by atoms with Gasteiger partial charge in [-0.1, -0.05) is 24.6 Å². The Morgan fingerprint density at radius 1 is 1.22 bits per heavy atom. The number of nitrogens with zero attached hydrogens (tertiary/aromatic N) is 1. The van der Waals surface area contributed by atoms with E-state index in [-0.39, 0.29) is 29.3 Å². The molecule has 3 rings (SSSR count). The lowest BCUT2D eigenvalue weighted by Gasteiger charge is -2.30. The highest BCUT2D eigenvalue weighted by atomic mass is 32.2. The second-order valence-corrected chi connectivity index (χ2v) is 8.76. The van der Waals surface area contributed by atoms with Crippen LogP contribution in [-0.4, -0.2) is 57.6 Å². The summed E-state index contributed by atoms with van der Waals surface area (Å²) in [4.78, 5) is 25.2. The fourth-order valence-corrected chi connectivity index (χ4v) is 4.67. The van der Waals surface area contributed by atoms with E-state index in [2.05, 4.69) is 10.0 Å². The van der Waals surface area contributed by atoms with Gasteiger partial charge in [0.05, 0.1) is 11.4 Å². The molecule has 2 N–H and O–H groups in total. The second-order valence-electron chi connectivity index (χ2n) is 7.00. The smallest absolute Gasteiger partial charge is 0.410 e. The lowest BCUT2D eigenvalue weighted by atomic mass is 9.86. The quantitative estimate of drug-likeness (QED) is 0.719. The van der Waals surface area contributed by atoms with Gasteiger partial charge in [0.25, 0.3) is 0 Å². The number of cyclic esters (lactones) is 1. The van der Waals surface area contributed by atoms with Crippen molar-refractivity contribution in [2.24, 2.45) is 5.92 Å². The van der Waals surface area contributed by atoms with E-state index in [0.717, 1.165) is 19.3 Å². The van der Waals surface area contributed by atoms with Crippen molar-refractivity contribution >= 4 is 22.0 Å². The zero-order valence-electron chi connectivity index (χ0n) is 15.1. The molecule has 1 saturated heterocycles. The van der Waals surface area contributed by atoms with Gasteiger partial charge in [0, 0.05) is 12.6 Å². The molecule has 2 amide bonds. The molecule has 1 aliphatic heterocycles. The molecule has 1 aromatic rings. The molecule has 1 heterocycles. The van der Waals surface area contributed by atoms with Crippen LogP contribution in [0.2, 0.25) is 0 Å². The van der Waals surface area contributed by atoms with Crippen LogP contribution in [0.1, 0.15) is 25.7 Å². The van der Waals surface area contributed by atoms with Gasteiger partial charge in [-0.3, -0.25) is 9.69 Å². The first-order chi connectivity index (χ1) is 12.9. The molecule has 0 spiro atoms. The van der Waals surface area contributed by atoms with Crippen molar-refractivity contribution in [3.05, 3.63) is 30.3 Å². The highest BCUT2D eigenvalue weighted by Gasteiger charge is 2.28. The Hall–Kier alpha value is -2.13. The van der Waals surface area contributed by atoms with E-state index in [1.165, 1.54) is 4.90 Å². The van der Waals surface area contributed by atoms with Crippen molar-refractivity contribution in [3.8, 4) is 0 Å². The van der Waals surface area contributed by atoms with Crippen molar-refractivity contribution in [1.29, 1.82) is 0 Å².